The second kappa shape index (κ2) is 8.35. The Labute approximate surface area is 173 Å². The van der Waals surface area contributed by atoms with Crippen molar-refractivity contribution in [3.8, 4) is 11.5 Å². The molecule has 2 aromatic carbocycles. The van der Waals surface area contributed by atoms with Crippen LogP contribution in [0.1, 0.15) is 10.4 Å². The highest BCUT2D eigenvalue weighted by Gasteiger charge is 2.19. The number of fused-ring (bicyclic) bond motifs is 3. The maximum Gasteiger partial charge on any atom is 0.239 e. The van der Waals surface area contributed by atoms with E-state index in [0.717, 1.165) is 21.8 Å². The van der Waals surface area contributed by atoms with Gasteiger partial charge in [-0.15, -0.1) is 0 Å². The molecule has 0 spiro atoms. The molecule has 0 N–H and O–H groups in total. The minimum Gasteiger partial charge on any atom is -1.00 e. The van der Waals surface area contributed by atoms with Gasteiger partial charge >= 0.3 is 0 Å². The number of hydrogen-bond donors (Lipinski definition) is 0. The summed E-state index contributed by atoms with van der Waals surface area (Å²) in [7, 11) is 3.13. The van der Waals surface area contributed by atoms with E-state index in [0.29, 0.717) is 17.1 Å². The van der Waals surface area contributed by atoms with Crippen molar-refractivity contribution < 1.29 is 35.8 Å². The Morgan fingerprint density at radius 1 is 0.964 bits per heavy atom. The van der Waals surface area contributed by atoms with Crippen molar-refractivity contribution >= 4 is 27.6 Å². The molecule has 0 saturated carbocycles. The van der Waals surface area contributed by atoms with E-state index in [-0.39, 0.29) is 29.3 Å². The molecule has 0 radical (unpaired) electrons. The molecule has 0 bridgehead atoms. The summed E-state index contributed by atoms with van der Waals surface area (Å²) in [5.41, 5.74) is 2.41. The zero-order valence-electron chi connectivity index (χ0n) is 15.6. The Kier molecular flexibility index (Phi) is 5.90. The predicted octanol–water partition coefficient (Wildman–Crippen LogP) is 0.580. The van der Waals surface area contributed by atoms with E-state index < -0.39 is 0 Å². The van der Waals surface area contributed by atoms with Crippen molar-refractivity contribution in [2.75, 3.05) is 14.2 Å². The molecule has 0 aliphatic carbocycles. The molecule has 4 rings (SSSR count). The Hall–Kier alpha value is -2.99. The molecule has 0 unspecified atom stereocenters. The van der Waals surface area contributed by atoms with Crippen molar-refractivity contribution in [1.82, 2.24) is 4.98 Å². The van der Waals surface area contributed by atoms with Gasteiger partial charge in [0.25, 0.3) is 0 Å². The van der Waals surface area contributed by atoms with Crippen molar-refractivity contribution in [2.24, 2.45) is 0 Å². The molecular formula is C22H19BrN2O3. The number of hydrogen-bond acceptors (Lipinski definition) is 4. The minimum absolute atomic E-state index is 0. The first-order chi connectivity index (χ1) is 13.2. The summed E-state index contributed by atoms with van der Waals surface area (Å²) >= 11 is 0. The summed E-state index contributed by atoms with van der Waals surface area (Å²) in [6.07, 6.45) is 3.68. The van der Waals surface area contributed by atoms with Gasteiger partial charge in [0.1, 0.15) is 5.52 Å². The molecule has 28 heavy (non-hydrogen) atoms. The fraction of sp³-hybridized carbons (Fsp3) is 0.136. The van der Waals surface area contributed by atoms with Gasteiger partial charge in [-0.2, -0.15) is 4.57 Å². The monoisotopic (exact) mass is 438 g/mol. The van der Waals surface area contributed by atoms with E-state index in [1.807, 2.05) is 41.1 Å². The zero-order chi connectivity index (χ0) is 18.8. The smallest absolute Gasteiger partial charge is 0.239 e. The van der Waals surface area contributed by atoms with Crippen LogP contribution in [0.2, 0.25) is 0 Å². The number of pyridine rings is 2. The summed E-state index contributed by atoms with van der Waals surface area (Å²) in [5.74, 6) is 1.13. The number of carbonyl (C=O) groups is 1. The van der Waals surface area contributed by atoms with Crippen molar-refractivity contribution in [3.05, 3.63) is 72.6 Å². The van der Waals surface area contributed by atoms with Gasteiger partial charge in [0.2, 0.25) is 17.8 Å². The number of benzene rings is 2. The van der Waals surface area contributed by atoms with Gasteiger partial charge in [0, 0.05) is 28.6 Å². The fourth-order valence-electron chi connectivity index (χ4n) is 3.29. The molecule has 4 aromatic rings. The first kappa shape index (κ1) is 19.8. The van der Waals surface area contributed by atoms with Crippen molar-refractivity contribution in [1.29, 1.82) is 0 Å². The van der Waals surface area contributed by atoms with E-state index in [9.17, 15) is 4.79 Å². The Morgan fingerprint density at radius 2 is 1.71 bits per heavy atom. The summed E-state index contributed by atoms with van der Waals surface area (Å²) < 4.78 is 12.5. The van der Waals surface area contributed by atoms with Gasteiger partial charge in [-0.25, -0.2) is 4.98 Å². The second-order valence-corrected chi connectivity index (χ2v) is 6.21. The molecular weight excluding hydrogens is 420 g/mol. The molecule has 6 heteroatoms. The molecule has 0 fully saturated rings. The molecule has 0 saturated heterocycles. The van der Waals surface area contributed by atoms with Crippen LogP contribution in [0.4, 0.5) is 0 Å². The van der Waals surface area contributed by atoms with Gasteiger partial charge in [-0.3, -0.25) is 4.79 Å². The average molecular weight is 439 g/mol. The molecule has 2 heterocycles. The maximum atomic E-state index is 12.9. The van der Waals surface area contributed by atoms with E-state index in [1.54, 1.807) is 38.6 Å². The number of ketones is 1. The van der Waals surface area contributed by atoms with Crippen LogP contribution < -0.4 is 31.0 Å². The van der Waals surface area contributed by atoms with E-state index in [1.165, 1.54) is 0 Å². The highest BCUT2D eigenvalue weighted by molar-refractivity contribution is 6.01. The van der Waals surface area contributed by atoms with Crippen LogP contribution in [-0.4, -0.2) is 25.0 Å². The molecule has 0 amide bonds. The van der Waals surface area contributed by atoms with E-state index >= 15 is 0 Å². The lowest BCUT2D eigenvalue weighted by atomic mass is 10.1. The first-order valence-electron chi connectivity index (χ1n) is 8.62. The average Bonchev–Trinajstić information content (AvgIpc) is 2.73. The van der Waals surface area contributed by atoms with Gasteiger partial charge in [-0.1, -0.05) is 12.1 Å². The number of aromatic nitrogens is 2. The number of methoxy groups -OCH3 is 2. The Morgan fingerprint density at radius 3 is 2.50 bits per heavy atom. The van der Waals surface area contributed by atoms with Crippen LogP contribution in [0.3, 0.4) is 0 Å². The predicted molar refractivity (Wildman–Crippen MR) is 103 cm³/mol. The molecule has 142 valence electrons. The SMILES string of the molecule is COc1ccc(C(=O)C[n+]2cccc3ccc4cccnc4c32)cc1OC.[Br-]. The van der Waals surface area contributed by atoms with Gasteiger partial charge < -0.3 is 26.5 Å². The number of rotatable bonds is 5. The van der Waals surface area contributed by atoms with Crippen LogP contribution >= 0.6 is 0 Å². The zero-order valence-corrected chi connectivity index (χ0v) is 17.1. The Balaban J connectivity index is 0.00000225. The molecule has 0 atom stereocenters. The summed E-state index contributed by atoms with van der Waals surface area (Å²) in [6, 6.07) is 17.2. The third-order valence-corrected chi connectivity index (χ3v) is 4.63. The molecule has 2 aromatic heterocycles. The van der Waals surface area contributed by atoms with Gasteiger partial charge in [-0.05, 0) is 36.4 Å². The van der Waals surface area contributed by atoms with Crippen LogP contribution in [0.5, 0.6) is 11.5 Å². The van der Waals surface area contributed by atoms with Crippen molar-refractivity contribution in [3.63, 3.8) is 0 Å². The van der Waals surface area contributed by atoms with Gasteiger partial charge in [0.15, 0.2) is 17.7 Å². The molecule has 0 aliphatic rings. The summed E-state index contributed by atoms with van der Waals surface area (Å²) in [4.78, 5) is 17.5. The quantitative estimate of drug-likeness (QED) is 0.260. The lowest BCUT2D eigenvalue weighted by Crippen LogP contribution is -3.00. The number of Topliss-reactive ketones (excluding diaryl/α,β-unsaturated/α-hetero) is 1. The maximum absolute atomic E-state index is 12.9. The summed E-state index contributed by atoms with van der Waals surface area (Å²) in [5, 5.41) is 2.09. The third kappa shape index (κ3) is 3.55. The van der Waals surface area contributed by atoms with Crippen molar-refractivity contribution in [2.45, 2.75) is 6.54 Å². The number of nitrogens with zero attached hydrogens (tertiary/aromatic N) is 2. The normalized spacial score (nSPS) is 10.5. The largest absolute Gasteiger partial charge is 1.00 e. The standard InChI is InChI=1S/C22H19N2O3.BrH/c1-26-19-10-9-17(13-20(19)27-2)18(25)14-24-12-4-6-16-8-7-15-5-3-11-23-21(15)22(16)24;/h3-13H,14H2,1-2H3;1H/q+1;/p-1. The molecule has 0 aliphatic heterocycles. The minimum atomic E-state index is -0.0126. The van der Waals surface area contributed by atoms with Crippen LogP contribution in [0.25, 0.3) is 21.8 Å². The van der Waals surface area contributed by atoms with Gasteiger partial charge in [0.05, 0.1) is 14.2 Å². The Bertz CT molecular complexity index is 1160. The number of carbonyl (C=O) groups excluding carboxylic acids is 1. The second-order valence-electron chi connectivity index (χ2n) is 6.21. The molecule has 5 nitrogen and oxygen atoms in total. The summed E-state index contributed by atoms with van der Waals surface area (Å²) in [6.45, 7) is 0.211. The topological polar surface area (TPSA) is 52.3 Å². The van der Waals surface area contributed by atoms with Crippen LogP contribution in [0, 0.1) is 0 Å². The highest BCUT2D eigenvalue weighted by atomic mass is 79.9. The lowest BCUT2D eigenvalue weighted by Gasteiger charge is -2.09. The number of ether oxygens (including phenoxy) is 2. The lowest BCUT2D eigenvalue weighted by molar-refractivity contribution is -0.656. The third-order valence-electron chi connectivity index (χ3n) is 4.63. The van der Waals surface area contributed by atoms with Crippen LogP contribution in [-0.2, 0) is 6.54 Å². The number of halogens is 1. The van der Waals surface area contributed by atoms with E-state index in [4.69, 9.17) is 9.47 Å². The fourth-order valence-corrected chi connectivity index (χ4v) is 3.29. The first-order valence-corrected chi connectivity index (χ1v) is 8.62. The van der Waals surface area contributed by atoms with Crippen LogP contribution in [0.15, 0.2) is 67.0 Å². The van der Waals surface area contributed by atoms with E-state index in [2.05, 4.69) is 11.1 Å². The highest BCUT2D eigenvalue weighted by Crippen LogP contribution is 2.28.